The molecule has 4 rings (SSSR count). The van der Waals surface area contributed by atoms with Crippen LogP contribution < -0.4 is 5.11 Å². The SMILES string of the molecule is O=S(=O)([O-])c1cccc2cc(S(=O)(=O)O)c(N=Nc3c([O-])ccc4ccccc34)cc12.[Mn+2]. The van der Waals surface area contributed by atoms with E-state index in [0.29, 0.717) is 10.8 Å². The van der Waals surface area contributed by atoms with Gasteiger partial charge in [-0.1, -0.05) is 54.3 Å². The van der Waals surface area contributed by atoms with Crippen molar-refractivity contribution in [3.05, 3.63) is 66.7 Å². The summed E-state index contributed by atoms with van der Waals surface area (Å²) in [6.45, 7) is 0. The Labute approximate surface area is 193 Å². The first-order valence-electron chi connectivity index (χ1n) is 8.66. The van der Waals surface area contributed by atoms with Gasteiger partial charge in [-0.15, -0.1) is 5.11 Å². The van der Waals surface area contributed by atoms with Crippen molar-refractivity contribution in [3.63, 3.8) is 0 Å². The number of hydrogen-bond donors (Lipinski definition) is 1. The van der Waals surface area contributed by atoms with Crippen LogP contribution in [0.25, 0.3) is 21.5 Å². The maximum atomic E-state index is 12.3. The summed E-state index contributed by atoms with van der Waals surface area (Å²) in [5.74, 6) is -0.473. The van der Waals surface area contributed by atoms with Gasteiger partial charge in [-0.05, 0) is 29.0 Å². The smallest absolute Gasteiger partial charge is 0.871 e. The molecule has 163 valence electrons. The first kappa shape index (κ1) is 23.8. The molecule has 4 aromatic rings. The Balaban J connectivity index is 0.00000289. The zero-order chi connectivity index (χ0) is 22.4. The van der Waals surface area contributed by atoms with E-state index in [4.69, 9.17) is 0 Å². The largest absolute Gasteiger partial charge is 2.00 e. The number of azo groups is 1. The molecule has 0 unspecified atom stereocenters. The molecule has 9 nitrogen and oxygen atoms in total. The van der Waals surface area contributed by atoms with Crippen LogP contribution in [0, 0.1) is 0 Å². The minimum Gasteiger partial charge on any atom is -0.871 e. The molecule has 0 saturated carbocycles. The number of benzene rings is 4. The Morgan fingerprint density at radius 1 is 0.750 bits per heavy atom. The number of fused-ring (bicyclic) bond motifs is 2. The third kappa shape index (κ3) is 4.51. The minimum atomic E-state index is -4.88. The summed E-state index contributed by atoms with van der Waals surface area (Å²) in [5, 5.41) is 21.1. The van der Waals surface area contributed by atoms with Crippen LogP contribution in [0.3, 0.4) is 0 Å². The van der Waals surface area contributed by atoms with E-state index in [2.05, 4.69) is 10.2 Å². The zero-order valence-electron chi connectivity index (χ0n) is 15.8. The second kappa shape index (κ2) is 8.58. The molecule has 0 spiro atoms. The predicted molar refractivity (Wildman–Crippen MR) is 109 cm³/mol. The van der Waals surface area contributed by atoms with Gasteiger partial charge in [-0.2, -0.15) is 13.5 Å². The van der Waals surface area contributed by atoms with Crippen molar-refractivity contribution in [2.75, 3.05) is 0 Å². The number of nitrogens with zero attached hydrogens (tertiary/aromatic N) is 2. The monoisotopic (exact) mass is 511 g/mol. The van der Waals surface area contributed by atoms with Crippen molar-refractivity contribution in [2.45, 2.75) is 9.79 Å². The molecule has 1 radical (unpaired) electrons. The molecule has 0 heterocycles. The summed E-state index contributed by atoms with van der Waals surface area (Å²) in [6, 6.07) is 15.4. The van der Waals surface area contributed by atoms with Crippen LogP contribution in [-0.2, 0) is 37.3 Å². The summed E-state index contributed by atoms with van der Waals surface area (Å²) < 4.78 is 68.2. The Hall–Kier alpha value is -2.86. The van der Waals surface area contributed by atoms with E-state index in [1.54, 1.807) is 30.3 Å². The maximum Gasteiger partial charge on any atom is 2.00 e. The van der Waals surface area contributed by atoms with Gasteiger partial charge in [0.05, 0.1) is 10.6 Å². The van der Waals surface area contributed by atoms with Crippen molar-refractivity contribution in [3.8, 4) is 5.75 Å². The van der Waals surface area contributed by atoms with Gasteiger partial charge in [0.1, 0.15) is 20.7 Å². The van der Waals surface area contributed by atoms with Crippen LogP contribution in [0.2, 0.25) is 0 Å². The van der Waals surface area contributed by atoms with E-state index in [1.807, 2.05) is 0 Å². The van der Waals surface area contributed by atoms with E-state index >= 15 is 0 Å². The Morgan fingerprint density at radius 3 is 2.12 bits per heavy atom. The molecule has 4 aromatic carbocycles. The quantitative estimate of drug-likeness (QED) is 0.249. The minimum absolute atomic E-state index is 0. The third-order valence-electron chi connectivity index (χ3n) is 4.59. The van der Waals surface area contributed by atoms with Gasteiger partial charge in [0, 0.05) is 10.8 Å². The van der Waals surface area contributed by atoms with E-state index < -0.39 is 41.5 Å². The van der Waals surface area contributed by atoms with Gasteiger partial charge in [0.25, 0.3) is 10.1 Å². The van der Waals surface area contributed by atoms with E-state index in [9.17, 15) is 31.0 Å². The molecule has 0 bridgehead atoms. The summed E-state index contributed by atoms with van der Waals surface area (Å²) in [7, 11) is -9.67. The Bertz CT molecular complexity index is 1600. The number of rotatable bonds is 4. The van der Waals surface area contributed by atoms with Crippen LogP contribution >= 0.6 is 0 Å². The molecule has 0 atom stereocenters. The van der Waals surface area contributed by atoms with E-state index in [1.165, 1.54) is 18.2 Å². The number of hydrogen-bond acceptors (Lipinski definition) is 8. The molecule has 0 fully saturated rings. The Morgan fingerprint density at radius 2 is 1.44 bits per heavy atom. The topological polar surface area (TPSA) is 159 Å². The summed E-state index contributed by atoms with van der Waals surface area (Å²) >= 11 is 0. The van der Waals surface area contributed by atoms with Crippen LogP contribution in [0.5, 0.6) is 5.75 Å². The van der Waals surface area contributed by atoms with Gasteiger partial charge in [0.2, 0.25) is 0 Å². The van der Waals surface area contributed by atoms with Crippen LogP contribution in [0.15, 0.2) is 86.7 Å². The standard InChI is InChI=1S/C20H14N2O7S2.Mn/c23-17-9-8-12-4-1-2-6-14(12)20(17)22-21-16-11-15-13(10-19(16)31(27,28)29)5-3-7-18(15)30(24,25)26;/h1-11,23H,(H,24,25,26)(H,27,28,29);/q;+2/p-2. The van der Waals surface area contributed by atoms with E-state index in [-0.39, 0.29) is 33.5 Å². The first-order valence-corrected chi connectivity index (χ1v) is 11.5. The molecule has 0 amide bonds. The molecule has 0 saturated heterocycles. The van der Waals surface area contributed by atoms with Gasteiger partial charge >= 0.3 is 17.1 Å². The van der Waals surface area contributed by atoms with Gasteiger partial charge < -0.3 is 9.66 Å². The zero-order valence-corrected chi connectivity index (χ0v) is 18.6. The first-order chi connectivity index (χ1) is 14.6. The predicted octanol–water partition coefficient (Wildman–Crippen LogP) is 3.63. The second-order valence-electron chi connectivity index (χ2n) is 6.56. The maximum absolute atomic E-state index is 12.3. The van der Waals surface area contributed by atoms with Crippen LogP contribution in [-0.4, -0.2) is 25.9 Å². The van der Waals surface area contributed by atoms with Crippen LogP contribution in [0.1, 0.15) is 0 Å². The molecule has 1 N–H and O–H groups in total. The molecular weight excluding hydrogens is 499 g/mol. The average molecular weight is 511 g/mol. The van der Waals surface area contributed by atoms with Gasteiger partial charge in [-0.25, -0.2) is 8.42 Å². The van der Waals surface area contributed by atoms with Crippen molar-refractivity contribution in [1.82, 2.24) is 0 Å². The van der Waals surface area contributed by atoms with Crippen molar-refractivity contribution >= 4 is 53.2 Å². The molecule has 0 aromatic heterocycles. The molecule has 0 aliphatic carbocycles. The molecule has 0 aliphatic rings. The Kier molecular flexibility index (Phi) is 6.38. The fraction of sp³-hybridized carbons (Fsp3) is 0. The molecular formula is C20H12MnN2O7S2. The summed E-state index contributed by atoms with van der Waals surface area (Å²) in [6.07, 6.45) is 0. The van der Waals surface area contributed by atoms with Crippen molar-refractivity contribution < 1.29 is 48.1 Å². The molecule has 12 heteroatoms. The van der Waals surface area contributed by atoms with Crippen LogP contribution in [0.4, 0.5) is 11.4 Å². The average Bonchev–Trinajstić information content (AvgIpc) is 2.70. The molecule has 0 aliphatic heterocycles. The summed E-state index contributed by atoms with van der Waals surface area (Å²) in [4.78, 5) is -1.24. The normalized spacial score (nSPS) is 12.3. The summed E-state index contributed by atoms with van der Waals surface area (Å²) in [5.41, 5.74) is -0.498. The van der Waals surface area contributed by atoms with Crippen molar-refractivity contribution in [2.24, 2.45) is 10.2 Å². The second-order valence-corrected chi connectivity index (χ2v) is 9.30. The fourth-order valence-corrected chi connectivity index (χ4v) is 4.54. The third-order valence-corrected chi connectivity index (χ3v) is 6.37. The van der Waals surface area contributed by atoms with Crippen molar-refractivity contribution in [1.29, 1.82) is 0 Å². The van der Waals surface area contributed by atoms with Gasteiger partial charge in [-0.3, -0.25) is 4.55 Å². The van der Waals surface area contributed by atoms with Gasteiger partial charge in [0.15, 0.2) is 0 Å². The fourth-order valence-electron chi connectivity index (χ4n) is 3.21. The van der Waals surface area contributed by atoms with E-state index in [0.717, 1.165) is 18.2 Å². The molecule has 32 heavy (non-hydrogen) atoms.